The first-order valence-corrected chi connectivity index (χ1v) is 9.45. The molecule has 0 saturated heterocycles. The van der Waals surface area contributed by atoms with Gasteiger partial charge in [0.25, 0.3) is 0 Å². The third-order valence-corrected chi connectivity index (χ3v) is 5.25. The zero-order chi connectivity index (χ0) is 19.6. The summed E-state index contributed by atoms with van der Waals surface area (Å²) >= 11 is 18.2. The lowest BCUT2D eigenvalue weighted by molar-refractivity contribution is -0.117. The molecule has 5 nitrogen and oxygen atoms in total. The predicted octanol–water partition coefficient (Wildman–Crippen LogP) is 4.66. The van der Waals surface area contributed by atoms with Gasteiger partial charge in [0, 0.05) is 18.1 Å². The Kier molecular flexibility index (Phi) is 6.37. The van der Waals surface area contributed by atoms with Gasteiger partial charge in [-0.2, -0.15) is 0 Å². The van der Waals surface area contributed by atoms with E-state index in [1.165, 1.54) is 5.56 Å². The van der Waals surface area contributed by atoms with Crippen LogP contribution < -0.4 is 14.8 Å². The summed E-state index contributed by atoms with van der Waals surface area (Å²) in [5.41, 5.74) is 2.69. The summed E-state index contributed by atoms with van der Waals surface area (Å²) in [6.07, 6.45) is 0.825. The Bertz CT molecular complexity index is 851. The highest BCUT2D eigenvalue weighted by Gasteiger charge is 2.22. The molecule has 0 fully saturated rings. The number of benzene rings is 2. The van der Waals surface area contributed by atoms with Gasteiger partial charge in [0.05, 0.1) is 36.5 Å². The van der Waals surface area contributed by atoms with Crippen LogP contribution in [0.1, 0.15) is 11.1 Å². The lowest BCUT2D eigenvalue weighted by atomic mass is 9.99. The fourth-order valence-corrected chi connectivity index (χ4v) is 4.03. The van der Waals surface area contributed by atoms with E-state index in [0.29, 0.717) is 33.0 Å². The van der Waals surface area contributed by atoms with Crippen molar-refractivity contribution in [1.29, 1.82) is 0 Å². The standard InChI is InChI=1S/C19H19Cl3N2O3/c1-26-16-5-11-3-4-24(9-12(11)6-17(16)27-2)10-18(25)23-19-14(21)7-13(20)8-15(19)22/h5-8H,3-4,9-10H2,1-2H3,(H,23,25). The molecule has 27 heavy (non-hydrogen) atoms. The summed E-state index contributed by atoms with van der Waals surface area (Å²) in [6.45, 7) is 1.63. The average Bonchev–Trinajstić information content (AvgIpc) is 2.63. The van der Waals surface area contributed by atoms with Crippen molar-refractivity contribution in [3.05, 3.63) is 50.5 Å². The summed E-state index contributed by atoms with van der Waals surface area (Å²) < 4.78 is 10.7. The number of rotatable bonds is 5. The van der Waals surface area contributed by atoms with Crippen LogP contribution in [0.2, 0.25) is 15.1 Å². The fraction of sp³-hybridized carbons (Fsp3) is 0.316. The maximum atomic E-state index is 12.5. The Morgan fingerprint density at radius 1 is 1.04 bits per heavy atom. The van der Waals surface area contributed by atoms with Gasteiger partial charge < -0.3 is 14.8 Å². The molecule has 0 unspecified atom stereocenters. The minimum absolute atomic E-state index is 0.190. The number of amides is 1. The predicted molar refractivity (Wildman–Crippen MR) is 109 cm³/mol. The first-order chi connectivity index (χ1) is 12.9. The van der Waals surface area contributed by atoms with E-state index in [0.717, 1.165) is 24.3 Å². The van der Waals surface area contributed by atoms with E-state index in [2.05, 4.69) is 10.2 Å². The second-order valence-electron chi connectivity index (χ2n) is 6.23. The SMILES string of the molecule is COc1cc2c(cc1OC)CN(CC(=O)Nc1c(Cl)cc(Cl)cc1Cl)CC2. The second-order valence-corrected chi connectivity index (χ2v) is 7.48. The van der Waals surface area contributed by atoms with E-state index < -0.39 is 0 Å². The molecule has 2 aromatic carbocycles. The number of carbonyl (C=O) groups excluding carboxylic acids is 1. The van der Waals surface area contributed by atoms with Crippen LogP contribution in [0.15, 0.2) is 24.3 Å². The Morgan fingerprint density at radius 3 is 2.22 bits per heavy atom. The van der Waals surface area contributed by atoms with Crippen LogP contribution in [0.5, 0.6) is 11.5 Å². The summed E-state index contributed by atoms with van der Waals surface area (Å²) in [4.78, 5) is 14.5. The molecule has 1 N–H and O–H groups in total. The number of carbonyl (C=O) groups is 1. The highest BCUT2D eigenvalue weighted by atomic mass is 35.5. The molecule has 0 atom stereocenters. The van der Waals surface area contributed by atoms with Crippen molar-refractivity contribution in [2.24, 2.45) is 0 Å². The van der Waals surface area contributed by atoms with Gasteiger partial charge in [0.15, 0.2) is 11.5 Å². The quantitative estimate of drug-likeness (QED) is 0.751. The van der Waals surface area contributed by atoms with Gasteiger partial charge in [-0.15, -0.1) is 0 Å². The van der Waals surface area contributed by atoms with Gasteiger partial charge in [-0.3, -0.25) is 9.69 Å². The van der Waals surface area contributed by atoms with Crippen LogP contribution in [0.25, 0.3) is 0 Å². The molecule has 0 aromatic heterocycles. The van der Waals surface area contributed by atoms with Crippen LogP contribution in [0.4, 0.5) is 5.69 Å². The largest absolute Gasteiger partial charge is 0.493 e. The molecule has 8 heteroatoms. The van der Waals surface area contributed by atoms with E-state index in [1.807, 2.05) is 12.1 Å². The summed E-state index contributed by atoms with van der Waals surface area (Å²) in [7, 11) is 3.23. The van der Waals surface area contributed by atoms with E-state index >= 15 is 0 Å². The molecule has 0 spiro atoms. The van der Waals surface area contributed by atoms with Crippen LogP contribution in [0, 0.1) is 0 Å². The van der Waals surface area contributed by atoms with E-state index in [4.69, 9.17) is 44.3 Å². The molecule has 0 bridgehead atoms. The Hall–Kier alpha value is -1.66. The van der Waals surface area contributed by atoms with E-state index in [1.54, 1.807) is 26.4 Å². The summed E-state index contributed by atoms with van der Waals surface area (Å²) in [6, 6.07) is 7.05. The highest BCUT2D eigenvalue weighted by molar-refractivity contribution is 6.42. The lowest BCUT2D eigenvalue weighted by Gasteiger charge is -2.29. The third-order valence-electron chi connectivity index (χ3n) is 4.44. The number of fused-ring (bicyclic) bond motifs is 1. The maximum Gasteiger partial charge on any atom is 0.238 e. The van der Waals surface area contributed by atoms with Crippen molar-refractivity contribution >= 4 is 46.4 Å². The third kappa shape index (κ3) is 4.61. The molecule has 0 radical (unpaired) electrons. The van der Waals surface area contributed by atoms with Gasteiger partial charge in [-0.25, -0.2) is 0 Å². The molecule has 1 aliphatic rings. The number of nitrogens with zero attached hydrogens (tertiary/aromatic N) is 1. The van der Waals surface area contributed by atoms with Crippen molar-refractivity contribution < 1.29 is 14.3 Å². The van der Waals surface area contributed by atoms with Crippen molar-refractivity contribution in [1.82, 2.24) is 4.90 Å². The number of hydrogen-bond acceptors (Lipinski definition) is 4. The smallest absolute Gasteiger partial charge is 0.238 e. The highest BCUT2D eigenvalue weighted by Crippen LogP contribution is 2.35. The summed E-state index contributed by atoms with van der Waals surface area (Å²) in [5, 5.41) is 3.80. The average molecular weight is 430 g/mol. The number of halogens is 3. The Balaban J connectivity index is 1.69. The molecule has 1 aliphatic heterocycles. The van der Waals surface area contributed by atoms with Gasteiger partial charge in [0.1, 0.15) is 0 Å². The molecule has 0 saturated carbocycles. The van der Waals surface area contributed by atoms with Crippen LogP contribution >= 0.6 is 34.8 Å². The molecule has 0 aliphatic carbocycles. The molecule has 144 valence electrons. The Labute approximate surface area is 173 Å². The van der Waals surface area contributed by atoms with Gasteiger partial charge in [-0.05, 0) is 41.8 Å². The number of ether oxygens (including phenoxy) is 2. The minimum Gasteiger partial charge on any atom is -0.493 e. The van der Waals surface area contributed by atoms with Gasteiger partial charge >= 0.3 is 0 Å². The first-order valence-electron chi connectivity index (χ1n) is 8.31. The van der Waals surface area contributed by atoms with Crippen LogP contribution in [-0.2, 0) is 17.8 Å². The zero-order valence-corrected chi connectivity index (χ0v) is 17.2. The zero-order valence-electron chi connectivity index (χ0n) is 14.9. The second kappa shape index (κ2) is 8.57. The molecule has 1 heterocycles. The number of nitrogens with one attached hydrogen (secondary N) is 1. The van der Waals surface area contributed by atoms with Gasteiger partial charge in [0.2, 0.25) is 5.91 Å². The minimum atomic E-state index is -0.190. The van der Waals surface area contributed by atoms with E-state index in [-0.39, 0.29) is 12.5 Å². The normalized spacial score (nSPS) is 13.8. The maximum absolute atomic E-state index is 12.5. The molecule has 3 rings (SSSR count). The van der Waals surface area contributed by atoms with Crippen molar-refractivity contribution in [2.45, 2.75) is 13.0 Å². The van der Waals surface area contributed by atoms with Gasteiger partial charge in [-0.1, -0.05) is 34.8 Å². The lowest BCUT2D eigenvalue weighted by Crippen LogP contribution is -2.37. The molecule has 1 amide bonds. The summed E-state index contributed by atoms with van der Waals surface area (Å²) in [5.74, 6) is 1.21. The van der Waals surface area contributed by atoms with Crippen LogP contribution in [-0.4, -0.2) is 38.1 Å². The van der Waals surface area contributed by atoms with Crippen molar-refractivity contribution in [3.8, 4) is 11.5 Å². The molecular formula is C19H19Cl3N2O3. The Morgan fingerprint density at radius 2 is 1.63 bits per heavy atom. The fourth-order valence-electron chi connectivity index (χ4n) is 3.12. The van der Waals surface area contributed by atoms with E-state index in [9.17, 15) is 4.79 Å². The van der Waals surface area contributed by atoms with Crippen LogP contribution in [0.3, 0.4) is 0 Å². The molecule has 2 aromatic rings. The monoisotopic (exact) mass is 428 g/mol. The van der Waals surface area contributed by atoms with Crippen molar-refractivity contribution in [3.63, 3.8) is 0 Å². The molecular weight excluding hydrogens is 411 g/mol. The number of anilines is 1. The van der Waals surface area contributed by atoms with Crippen molar-refractivity contribution in [2.75, 3.05) is 32.6 Å². The number of hydrogen-bond donors (Lipinski definition) is 1. The number of methoxy groups -OCH3 is 2. The topological polar surface area (TPSA) is 50.8 Å². The first kappa shape index (κ1) is 20.1.